The van der Waals surface area contributed by atoms with E-state index in [9.17, 15) is 4.79 Å². The number of hydrogen-bond donors (Lipinski definition) is 0. The summed E-state index contributed by atoms with van der Waals surface area (Å²) in [5, 5.41) is 4.36. The van der Waals surface area contributed by atoms with Crippen LogP contribution in [0.4, 0.5) is 0 Å². The van der Waals surface area contributed by atoms with Crippen molar-refractivity contribution in [1.82, 2.24) is 0 Å². The summed E-state index contributed by atoms with van der Waals surface area (Å²) in [4.78, 5) is 16.3. The Morgan fingerprint density at radius 3 is 2.54 bits per heavy atom. The van der Waals surface area contributed by atoms with Crippen molar-refractivity contribution in [2.75, 3.05) is 6.61 Å². The summed E-state index contributed by atoms with van der Waals surface area (Å²) in [6.07, 6.45) is 1.72. The molecule has 0 atom stereocenters. The van der Waals surface area contributed by atoms with Crippen LogP contribution in [-0.2, 0) is 16.2 Å². The van der Waals surface area contributed by atoms with E-state index >= 15 is 0 Å². The highest BCUT2D eigenvalue weighted by molar-refractivity contribution is 6.30. The number of ether oxygens (including phenoxy) is 2. The second-order valence-electron chi connectivity index (χ2n) is 5.67. The third-order valence-electron chi connectivity index (χ3n) is 3.76. The molecule has 26 heavy (non-hydrogen) atoms. The van der Waals surface area contributed by atoms with Crippen LogP contribution >= 0.6 is 11.6 Å². The Bertz CT molecular complexity index is 872. The molecule has 0 aliphatic carbocycles. The first kappa shape index (κ1) is 18.0. The second kappa shape index (κ2) is 8.06. The number of hydrogen-bond acceptors (Lipinski definition) is 5. The van der Waals surface area contributed by atoms with Gasteiger partial charge in [-0.3, -0.25) is 0 Å². The van der Waals surface area contributed by atoms with Crippen molar-refractivity contribution in [3.63, 3.8) is 0 Å². The van der Waals surface area contributed by atoms with Crippen molar-refractivity contribution >= 4 is 29.4 Å². The third kappa shape index (κ3) is 4.24. The minimum Gasteiger partial charge on any atom is -0.490 e. The van der Waals surface area contributed by atoms with E-state index in [0.29, 0.717) is 41.0 Å². The summed E-state index contributed by atoms with van der Waals surface area (Å²) in [5.41, 5.74) is 2.79. The van der Waals surface area contributed by atoms with Crippen molar-refractivity contribution in [2.45, 2.75) is 20.5 Å². The average molecular weight is 372 g/mol. The Kier molecular flexibility index (Phi) is 5.58. The van der Waals surface area contributed by atoms with E-state index < -0.39 is 5.97 Å². The maximum Gasteiger partial charge on any atom is 0.367 e. The van der Waals surface area contributed by atoms with Crippen LogP contribution in [0.25, 0.3) is 6.08 Å². The lowest BCUT2D eigenvalue weighted by Gasteiger charge is -2.13. The first-order chi connectivity index (χ1) is 12.6. The summed E-state index contributed by atoms with van der Waals surface area (Å²) in [6.45, 7) is 4.53. The molecule has 0 bridgehead atoms. The predicted molar refractivity (Wildman–Crippen MR) is 101 cm³/mol. The Morgan fingerprint density at radius 2 is 1.88 bits per heavy atom. The highest BCUT2D eigenvalue weighted by Gasteiger charge is 2.21. The number of rotatable bonds is 6. The van der Waals surface area contributed by atoms with Crippen LogP contribution in [0.3, 0.4) is 0 Å². The monoisotopic (exact) mass is 371 g/mol. The molecule has 134 valence electrons. The molecule has 1 aliphatic heterocycles. The van der Waals surface area contributed by atoms with Gasteiger partial charge in [0.15, 0.2) is 11.5 Å². The molecule has 1 heterocycles. The molecule has 0 radical (unpaired) electrons. The fourth-order valence-corrected chi connectivity index (χ4v) is 2.56. The van der Waals surface area contributed by atoms with Crippen LogP contribution in [0.15, 0.2) is 53.2 Å². The van der Waals surface area contributed by atoms with Gasteiger partial charge in [0, 0.05) is 5.02 Å². The minimum atomic E-state index is -0.455. The molecule has 0 fully saturated rings. The van der Waals surface area contributed by atoms with Crippen LogP contribution < -0.4 is 9.47 Å². The van der Waals surface area contributed by atoms with Crippen LogP contribution in [0, 0.1) is 0 Å². The topological polar surface area (TPSA) is 57.1 Å². The first-order valence-electron chi connectivity index (χ1n) is 8.19. The highest BCUT2D eigenvalue weighted by atomic mass is 35.5. The fourth-order valence-electron chi connectivity index (χ4n) is 2.43. The molecule has 0 spiro atoms. The van der Waals surface area contributed by atoms with Gasteiger partial charge >= 0.3 is 5.97 Å². The SMILES string of the molecule is CCOc1cc(/C=C2\C(=O)ON=C2C)ccc1OCc1ccc(Cl)cc1. The molecule has 3 rings (SSSR count). The molecule has 2 aromatic carbocycles. The lowest BCUT2D eigenvalue weighted by Crippen LogP contribution is -2.02. The van der Waals surface area contributed by atoms with Crippen molar-refractivity contribution < 1.29 is 19.1 Å². The fraction of sp³-hybridized carbons (Fsp3) is 0.200. The maximum atomic E-state index is 11.7. The first-order valence-corrected chi connectivity index (χ1v) is 8.56. The lowest BCUT2D eigenvalue weighted by molar-refractivity contribution is -0.136. The molecular formula is C20H18ClNO4. The van der Waals surface area contributed by atoms with E-state index in [2.05, 4.69) is 9.99 Å². The quantitative estimate of drug-likeness (QED) is 0.548. The van der Waals surface area contributed by atoms with Gasteiger partial charge in [0.1, 0.15) is 6.61 Å². The zero-order chi connectivity index (χ0) is 18.5. The molecular weight excluding hydrogens is 354 g/mol. The number of benzene rings is 2. The summed E-state index contributed by atoms with van der Waals surface area (Å²) in [6, 6.07) is 13.0. The Labute approximate surface area is 156 Å². The Morgan fingerprint density at radius 1 is 1.12 bits per heavy atom. The number of carbonyl (C=O) groups is 1. The Balaban J connectivity index is 1.80. The molecule has 0 unspecified atom stereocenters. The van der Waals surface area contributed by atoms with Gasteiger partial charge in [0.2, 0.25) is 0 Å². The molecule has 0 aromatic heterocycles. The van der Waals surface area contributed by atoms with Crippen molar-refractivity contribution in [2.24, 2.45) is 5.16 Å². The summed E-state index contributed by atoms with van der Waals surface area (Å²) in [7, 11) is 0. The summed E-state index contributed by atoms with van der Waals surface area (Å²) < 4.78 is 11.6. The molecule has 0 N–H and O–H groups in total. The van der Waals surface area contributed by atoms with Gasteiger partial charge in [-0.15, -0.1) is 0 Å². The van der Waals surface area contributed by atoms with Crippen molar-refractivity contribution in [3.8, 4) is 11.5 Å². The van der Waals surface area contributed by atoms with Gasteiger partial charge in [-0.05, 0) is 55.3 Å². The van der Waals surface area contributed by atoms with E-state index in [0.717, 1.165) is 11.1 Å². The molecule has 0 saturated heterocycles. The van der Waals surface area contributed by atoms with Crippen LogP contribution in [0.5, 0.6) is 11.5 Å². The molecule has 0 saturated carbocycles. The largest absolute Gasteiger partial charge is 0.490 e. The average Bonchev–Trinajstić information content (AvgIpc) is 2.95. The van der Waals surface area contributed by atoms with Gasteiger partial charge < -0.3 is 14.3 Å². The highest BCUT2D eigenvalue weighted by Crippen LogP contribution is 2.30. The second-order valence-corrected chi connectivity index (χ2v) is 6.10. The number of nitrogens with zero attached hydrogens (tertiary/aromatic N) is 1. The minimum absolute atomic E-state index is 0.399. The van der Waals surface area contributed by atoms with Gasteiger partial charge in [0.25, 0.3) is 0 Å². The number of halogens is 1. The molecule has 5 nitrogen and oxygen atoms in total. The Hall–Kier alpha value is -2.79. The van der Waals surface area contributed by atoms with Crippen molar-refractivity contribution in [3.05, 3.63) is 64.2 Å². The third-order valence-corrected chi connectivity index (χ3v) is 4.01. The molecule has 6 heteroatoms. The van der Waals surface area contributed by atoms with E-state index in [1.807, 2.05) is 49.4 Å². The van der Waals surface area contributed by atoms with Gasteiger partial charge in [-0.2, -0.15) is 0 Å². The van der Waals surface area contributed by atoms with Gasteiger partial charge in [-0.1, -0.05) is 35.0 Å². The summed E-state index contributed by atoms with van der Waals surface area (Å²) >= 11 is 5.90. The van der Waals surface area contributed by atoms with Crippen LogP contribution in [0.2, 0.25) is 5.02 Å². The lowest BCUT2D eigenvalue weighted by atomic mass is 10.1. The van der Waals surface area contributed by atoms with E-state index in [1.54, 1.807) is 13.0 Å². The van der Waals surface area contributed by atoms with E-state index in [1.165, 1.54) is 0 Å². The van der Waals surface area contributed by atoms with Crippen LogP contribution in [0.1, 0.15) is 25.0 Å². The van der Waals surface area contributed by atoms with E-state index in [4.69, 9.17) is 21.1 Å². The van der Waals surface area contributed by atoms with E-state index in [-0.39, 0.29) is 0 Å². The predicted octanol–water partition coefficient (Wildman–Crippen LogP) is 4.63. The van der Waals surface area contributed by atoms with Crippen molar-refractivity contribution in [1.29, 1.82) is 0 Å². The summed E-state index contributed by atoms with van der Waals surface area (Å²) in [5.74, 6) is 0.781. The number of oxime groups is 1. The van der Waals surface area contributed by atoms with Gasteiger partial charge in [0.05, 0.1) is 17.9 Å². The zero-order valence-electron chi connectivity index (χ0n) is 14.5. The molecule has 0 amide bonds. The maximum absolute atomic E-state index is 11.7. The van der Waals surface area contributed by atoms with Gasteiger partial charge in [-0.25, -0.2) is 4.79 Å². The number of carbonyl (C=O) groups excluding carboxylic acids is 1. The molecule has 2 aromatic rings. The smallest absolute Gasteiger partial charge is 0.367 e. The zero-order valence-corrected chi connectivity index (χ0v) is 15.2. The van der Waals surface area contributed by atoms with Crippen LogP contribution in [-0.4, -0.2) is 18.3 Å². The molecule has 1 aliphatic rings. The normalized spacial score (nSPS) is 15.0. The standard InChI is InChI=1S/C20H18ClNO4/c1-3-24-19-11-15(10-17-13(2)22-26-20(17)23)6-9-18(19)25-12-14-4-7-16(21)8-5-14/h4-11H,3,12H2,1-2H3/b17-10-.